The van der Waals surface area contributed by atoms with Crippen molar-refractivity contribution in [3.05, 3.63) is 23.8 Å². The summed E-state index contributed by atoms with van der Waals surface area (Å²) in [4.78, 5) is 10.7. The zero-order valence-corrected chi connectivity index (χ0v) is 9.41. The Labute approximate surface area is 95.1 Å². The number of primary amides is 1. The van der Waals surface area contributed by atoms with E-state index in [4.69, 9.17) is 15.0 Å². The predicted molar refractivity (Wildman–Crippen MR) is 60.7 cm³/mol. The van der Waals surface area contributed by atoms with Gasteiger partial charge < -0.3 is 20.3 Å². The number of rotatable bonds is 4. The second-order valence-corrected chi connectivity index (χ2v) is 3.92. The number of amides is 2. The van der Waals surface area contributed by atoms with Crippen molar-refractivity contribution in [3.63, 3.8) is 0 Å². The molecular formula is C9H12N2O4S. The maximum atomic E-state index is 10.7. The van der Waals surface area contributed by atoms with Crippen molar-refractivity contribution < 1.29 is 18.3 Å². The topological polar surface area (TPSA) is 102 Å². The van der Waals surface area contributed by atoms with E-state index in [9.17, 15) is 9.00 Å². The smallest absolute Gasteiger partial charge is 0.316 e. The third-order valence-electron chi connectivity index (χ3n) is 1.81. The van der Waals surface area contributed by atoms with Gasteiger partial charge in [-0.05, 0) is 17.7 Å². The van der Waals surface area contributed by atoms with E-state index in [0.29, 0.717) is 17.0 Å². The lowest BCUT2D eigenvalue weighted by molar-refractivity contribution is 0.259. The zero-order chi connectivity index (χ0) is 12.1. The van der Waals surface area contributed by atoms with Gasteiger partial charge in [-0.2, -0.15) is 0 Å². The van der Waals surface area contributed by atoms with Crippen LogP contribution in [-0.2, 0) is 16.8 Å². The van der Waals surface area contributed by atoms with Crippen LogP contribution in [0.1, 0.15) is 5.56 Å². The Morgan fingerprint density at radius 3 is 2.81 bits per heavy atom. The van der Waals surface area contributed by atoms with E-state index in [1.54, 1.807) is 12.1 Å². The molecule has 0 fully saturated rings. The molecule has 1 unspecified atom stereocenters. The summed E-state index contributed by atoms with van der Waals surface area (Å²) < 4.78 is 24.4. The van der Waals surface area contributed by atoms with Crippen LogP contribution in [0.4, 0.5) is 10.5 Å². The molecule has 0 aliphatic heterocycles. The van der Waals surface area contributed by atoms with Crippen LogP contribution in [0.3, 0.4) is 0 Å². The molecular weight excluding hydrogens is 232 g/mol. The molecule has 0 aliphatic carbocycles. The summed E-state index contributed by atoms with van der Waals surface area (Å²) in [7, 11) is 1.45. The number of carbonyl (C=O) groups is 1. The number of nitrogens with one attached hydrogen (secondary N) is 1. The van der Waals surface area contributed by atoms with Gasteiger partial charge in [0.05, 0.1) is 18.6 Å². The van der Waals surface area contributed by atoms with Crippen molar-refractivity contribution in [3.8, 4) is 5.75 Å². The molecule has 0 aromatic heterocycles. The molecule has 0 radical (unpaired) electrons. The quantitative estimate of drug-likeness (QED) is 0.685. The number of benzene rings is 1. The van der Waals surface area contributed by atoms with Gasteiger partial charge >= 0.3 is 6.03 Å². The van der Waals surface area contributed by atoms with E-state index in [2.05, 4.69) is 5.32 Å². The van der Waals surface area contributed by atoms with Crippen LogP contribution < -0.4 is 15.8 Å². The first kappa shape index (κ1) is 12.5. The highest BCUT2D eigenvalue weighted by Crippen LogP contribution is 2.25. The normalized spacial score (nSPS) is 11.9. The molecule has 1 rings (SSSR count). The SMILES string of the molecule is COc1ccc(CS(=O)O)cc1NC(N)=O. The van der Waals surface area contributed by atoms with Crippen LogP contribution in [-0.4, -0.2) is 21.9 Å². The van der Waals surface area contributed by atoms with Crippen LogP contribution in [0.2, 0.25) is 0 Å². The van der Waals surface area contributed by atoms with Gasteiger partial charge in [0.1, 0.15) is 5.75 Å². The van der Waals surface area contributed by atoms with Gasteiger partial charge in [-0.25, -0.2) is 9.00 Å². The first-order valence-electron chi connectivity index (χ1n) is 4.33. The van der Waals surface area contributed by atoms with Crippen LogP contribution in [0.15, 0.2) is 18.2 Å². The van der Waals surface area contributed by atoms with Gasteiger partial charge in [-0.3, -0.25) is 0 Å². The standard InChI is InChI=1S/C9H12N2O4S/c1-15-8-3-2-6(5-16(13)14)4-7(8)11-9(10)12/h2-4H,5H2,1H3,(H,13,14)(H3,10,11,12). The molecule has 16 heavy (non-hydrogen) atoms. The average molecular weight is 244 g/mol. The Morgan fingerprint density at radius 2 is 2.31 bits per heavy atom. The minimum atomic E-state index is -1.93. The van der Waals surface area contributed by atoms with E-state index >= 15 is 0 Å². The van der Waals surface area contributed by atoms with Gasteiger partial charge in [0.2, 0.25) is 0 Å². The largest absolute Gasteiger partial charge is 0.495 e. The first-order valence-corrected chi connectivity index (χ1v) is 5.61. The van der Waals surface area contributed by atoms with Crippen LogP contribution in [0.5, 0.6) is 5.75 Å². The second kappa shape index (κ2) is 5.47. The van der Waals surface area contributed by atoms with E-state index in [1.165, 1.54) is 13.2 Å². The molecule has 6 nitrogen and oxygen atoms in total. The summed E-state index contributed by atoms with van der Waals surface area (Å²) in [5, 5.41) is 2.37. The zero-order valence-electron chi connectivity index (χ0n) is 8.60. The van der Waals surface area contributed by atoms with Gasteiger partial charge in [0, 0.05) is 0 Å². The minimum absolute atomic E-state index is 0.0164. The van der Waals surface area contributed by atoms with Crippen LogP contribution in [0.25, 0.3) is 0 Å². The monoisotopic (exact) mass is 244 g/mol. The lowest BCUT2D eigenvalue weighted by Crippen LogP contribution is -2.19. The molecule has 1 atom stereocenters. The lowest BCUT2D eigenvalue weighted by atomic mass is 10.2. The average Bonchev–Trinajstić information content (AvgIpc) is 2.16. The third kappa shape index (κ3) is 3.52. The molecule has 0 spiro atoms. The number of hydrogen-bond acceptors (Lipinski definition) is 3. The Kier molecular flexibility index (Phi) is 4.27. The molecule has 88 valence electrons. The number of anilines is 1. The van der Waals surface area contributed by atoms with Crippen molar-refractivity contribution in [1.29, 1.82) is 0 Å². The van der Waals surface area contributed by atoms with Crippen molar-refractivity contribution in [2.75, 3.05) is 12.4 Å². The van der Waals surface area contributed by atoms with E-state index in [0.717, 1.165) is 0 Å². The first-order chi connectivity index (χ1) is 7.52. The fourth-order valence-electron chi connectivity index (χ4n) is 1.22. The van der Waals surface area contributed by atoms with Gasteiger partial charge in [-0.1, -0.05) is 6.07 Å². The number of methoxy groups -OCH3 is 1. The number of carbonyl (C=O) groups excluding carboxylic acids is 1. The third-order valence-corrected chi connectivity index (χ3v) is 2.39. The van der Waals surface area contributed by atoms with Crippen LogP contribution >= 0.6 is 0 Å². The van der Waals surface area contributed by atoms with Crippen molar-refractivity contribution >= 4 is 22.8 Å². The fourth-order valence-corrected chi connectivity index (χ4v) is 1.68. The summed E-state index contributed by atoms with van der Waals surface area (Å²) >= 11 is -1.93. The molecule has 0 saturated carbocycles. The summed E-state index contributed by atoms with van der Waals surface area (Å²) in [6.07, 6.45) is 0. The molecule has 1 aromatic carbocycles. The Hall–Kier alpha value is -1.60. The molecule has 7 heteroatoms. The van der Waals surface area contributed by atoms with Crippen molar-refractivity contribution in [1.82, 2.24) is 0 Å². The Morgan fingerprint density at radius 1 is 1.62 bits per heavy atom. The highest BCUT2D eigenvalue weighted by Gasteiger charge is 2.07. The van der Waals surface area contributed by atoms with Crippen LogP contribution in [0, 0.1) is 0 Å². The molecule has 0 heterocycles. The maximum Gasteiger partial charge on any atom is 0.316 e. The fraction of sp³-hybridized carbons (Fsp3) is 0.222. The van der Waals surface area contributed by atoms with Gasteiger partial charge in [0.15, 0.2) is 11.1 Å². The summed E-state index contributed by atoms with van der Waals surface area (Å²) in [5.41, 5.74) is 5.96. The molecule has 4 N–H and O–H groups in total. The van der Waals surface area contributed by atoms with E-state index in [1.807, 2.05) is 0 Å². The minimum Gasteiger partial charge on any atom is -0.495 e. The van der Waals surface area contributed by atoms with Crippen molar-refractivity contribution in [2.45, 2.75) is 5.75 Å². The second-order valence-electron chi connectivity index (χ2n) is 2.99. The number of nitrogens with two attached hydrogens (primary N) is 1. The molecule has 0 aliphatic rings. The molecule has 2 amide bonds. The highest BCUT2D eigenvalue weighted by atomic mass is 32.2. The Balaban J connectivity index is 3.00. The van der Waals surface area contributed by atoms with Crippen molar-refractivity contribution in [2.24, 2.45) is 5.73 Å². The van der Waals surface area contributed by atoms with E-state index < -0.39 is 17.1 Å². The molecule has 0 bridgehead atoms. The maximum absolute atomic E-state index is 10.7. The van der Waals surface area contributed by atoms with Gasteiger partial charge in [-0.15, -0.1) is 0 Å². The van der Waals surface area contributed by atoms with Gasteiger partial charge in [0.25, 0.3) is 0 Å². The van der Waals surface area contributed by atoms with E-state index in [-0.39, 0.29) is 5.75 Å². The molecule has 1 aromatic rings. The highest BCUT2D eigenvalue weighted by molar-refractivity contribution is 7.78. The summed E-state index contributed by atoms with van der Waals surface area (Å²) in [6.45, 7) is 0. The Bertz CT molecular complexity index is 422. The number of urea groups is 1. The number of ether oxygens (including phenoxy) is 1. The summed E-state index contributed by atoms with van der Waals surface area (Å²) in [6, 6.07) is 4.05. The lowest BCUT2D eigenvalue weighted by Gasteiger charge is -2.09. The number of hydrogen-bond donors (Lipinski definition) is 3. The molecule has 0 saturated heterocycles. The summed E-state index contributed by atoms with van der Waals surface area (Å²) in [5.74, 6) is 0.420. The predicted octanol–water partition coefficient (Wildman–Crippen LogP) is 0.907.